The molecule has 3 atom stereocenters. The number of nitrogens with zero attached hydrogens (tertiary/aromatic N) is 5. The summed E-state index contributed by atoms with van der Waals surface area (Å²) in [5.41, 5.74) is 0.885. The van der Waals surface area contributed by atoms with E-state index in [4.69, 9.17) is 8.94 Å². The summed E-state index contributed by atoms with van der Waals surface area (Å²) in [5, 5.41) is 4.11. The second-order valence-electron chi connectivity index (χ2n) is 6.82. The lowest BCUT2D eigenvalue weighted by molar-refractivity contribution is 0.0523. The van der Waals surface area contributed by atoms with E-state index in [0.717, 1.165) is 31.2 Å². The summed E-state index contributed by atoms with van der Waals surface area (Å²) in [6, 6.07) is 4.06. The molecule has 0 aliphatic carbocycles. The van der Waals surface area contributed by atoms with Crippen molar-refractivity contribution < 1.29 is 13.7 Å². The Bertz CT molecular complexity index is 894. The van der Waals surface area contributed by atoms with Crippen molar-refractivity contribution in [1.82, 2.24) is 25.0 Å². The maximum absolute atomic E-state index is 12.7. The molecule has 1 unspecified atom stereocenters. The Morgan fingerprint density at radius 1 is 1.12 bits per heavy atom. The molecule has 2 fully saturated rings. The fourth-order valence-electron chi connectivity index (χ4n) is 4.18. The number of oxazole rings is 1. The number of rotatable bonds is 3. The molecule has 5 heterocycles. The molecule has 0 N–H and O–H groups in total. The van der Waals surface area contributed by atoms with Crippen molar-refractivity contribution >= 4 is 5.91 Å². The third-order valence-electron chi connectivity index (χ3n) is 5.34. The molecule has 0 radical (unpaired) electrons. The van der Waals surface area contributed by atoms with Gasteiger partial charge in [-0.1, -0.05) is 5.16 Å². The van der Waals surface area contributed by atoms with Crippen LogP contribution >= 0.6 is 0 Å². The van der Waals surface area contributed by atoms with Gasteiger partial charge in [0, 0.05) is 36.0 Å². The van der Waals surface area contributed by atoms with Gasteiger partial charge in [0.25, 0.3) is 5.91 Å². The minimum atomic E-state index is -0.0727. The summed E-state index contributed by atoms with van der Waals surface area (Å²) in [6.45, 7) is 0. The second kappa shape index (κ2) is 6.05. The van der Waals surface area contributed by atoms with E-state index >= 15 is 0 Å². The predicted molar refractivity (Wildman–Crippen MR) is 89.0 cm³/mol. The van der Waals surface area contributed by atoms with Crippen LogP contribution in [0.4, 0.5) is 0 Å². The SMILES string of the molecule is O=C(c1cnco1)N1[C@@H]2CC[C@H]1CC(c1nc(-c3ccncc3)no1)C2. The Morgan fingerprint density at radius 2 is 1.88 bits per heavy atom. The molecule has 0 aromatic carbocycles. The van der Waals surface area contributed by atoms with Gasteiger partial charge >= 0.3 is 0 Å². The fraction of sp³-hybridized carbons (Fsp3) is 0.389. The normalized spacial score (nSPS) is 24.8. The first-order valence-corrected chi connectivity index (χ1v) is 8.75. The summed E-state index contributed by atoms with van der Waals surface area (Å²) in [5.74, 6) is 1.64. The quantitative estimate of drug-likeness (QED) is 0.715. The fourth-order valence-corrected chi connectivity index (χ4v) is 4.18. The number of hydrogen-bond acceptors (Lipinski definition) is 7. The van der Waals surface area contributed by atoms with Crippen LogP contribution < -0.4 is 0 Å². The van der Waals surface area contributed by atoms with Gasteiger partial charge in [0.1, 0.15) is 0 Å². The zero-order chi connectivity index (χ0) is 17.5. The molecule has 1 amide bonds. The van der Waals surface area contributed by atoms with Crippen molar-refractivity contribution in [2.75, 3.05) is 0 Å². The average Bonchev–Trinajstić information content (AvgIpc) is 3.42. The monoisotopic (exact) mass is 351 g/mol. The van der Waals surface area contributed by atoms with Gasteiger partial charge in [0.15, 0.2) is 6.39 Å². The van der Waals surface area contributed by atoms with Crippen molar-refractivity contribution in [2.24, 2.45) is 0 Å². The van der Waals surface area contributed by atoms with Crippen LogP contribution in [0.15, 0.2) is 46.1 Å². The summed E-state index contributed by atoms with van der Waals surface area (Å²) in [4.78, 5) is 27.1. The average molecular weight is 351 g/mol. The molecule has 3 aromatic heterocycles. The van der Waals surface area contributed by atoms with Crippen LogP contribution in [0.3, 0.4) is 0 Å². The van der Waals surface area contributed by atoms with Gasteiger partial charge in [-0.25, -0.2) is 4.98 Å². The van der Waals surface area contributed by atoms with Gasteiger partial charge < -0.3 is 13.8 Å². The van der Waals surface area contributed by atoms with Crippen LogP contribution in [-0.2, 0) is 0 Å². The van der Waals surface area contributed by atoms with Crippen LogP contribution in [0.2, 0.25) is 0 Å². The molecule has 2 saturated heterocycles. The van der Waals surface area contributed by atoms with Gasteiger partial charge in [-0.2, -0.15) is 4.98 Å². The lowest BCUT2D eigenvalue weighted by atomic mass is 9.90. The Kier molecular flexibility index (Phi) is 3.55. The van der Waals surface area contributed by atoms with Crippen molar-refractivity contribution in [1.29, 1.82) is 0 Å². The van der Waals surface area contributed by atoms with E-state index in [1.165, 1.54) is 12.6 Å². The largest absolute Gasteiger partial charge is 0.438 e. The van der Waals surface area contributed by atoms with Gasteiger partial charge in [0.2, 0.25) is 17.5 Å². The Hall–Kier alpha value is -3.03. The van der Waals surface area contributed by atoms with Crippen molar-refractivity contribution in [2.45, 2.75) is 43.7 Å². The zero-order valence-corrected chi connectivity index (χ0v) is 14.0. The van der Waals surface area contributed by atoms with E-state index < -0.39 is 0 Å². The van der Waals surface area contributed by atoms with Gasteiger partial charge in [0.05, 0.1) is 6.20 Å². The second-order valence-corrected chi connectivity index (χ2v) is 6.82. The Balaban J connectivity index is 1.35. The van der Waals surface area contributed by atoms with Crippen molar-refractivity contribution in [3.8, 4) is 11.4 Å². The molecule has 5 rings (SSSR count). The highest BCUT2D eigenvalue weighted by Crippen LogP contribution is 2.43. The van der Waals surface area contributed by atoms with Crippen LogP contribution in [0.5, 0.6) is 0 Å². The first-order chi connectivity index (χ1) is 12.8. The zero-order valence-electron chi connectivity index (χ0n) is 14.0. The first-order valence-electron chi connectivity index (χ1n) is 8.75. The topological polar surface area (TPSA) is 98.2 Å². The summed E-state index contributed by atoms with van der Waals surface area (Å²) >= 11 is 0. The minimum absolute atomic E-state index is 0.0727. The molecule has 3 aromatic rings. The van der Waals surface area contributed by atoms with Crippen LogP contribution in [0.1, 0.15) is 48.0 Å². The number of aromatic nitrogens is 4. The van der Waals surface area contributed by atoms with Gasteiger partial charge in [-0.3, -0.25) is 9.78 Å². The van der Waals surface area contributed by atoms with E-state index in [2.05, 4.69) is 20.1 Å². The summed E-state index contributed by atoms with van der Waals surface area (Å²) < 4.78 is 10.7. The van der Waals surface area contributed by atoms with Crippen molar-refractivity contribution in [3.63, 3.8) is 0 Å². The lowest BCUT2D eigenvalue weighted by Gasteiger charge is -2.37. The predicted octanol–water partition coefficient (Wildman–Crippen LogP) is 2.67. The molecule has 2 bridgehead atoms. The lowest BCUT2D eigenvalue weighted by Crippen LogP contribution is -2.46. The van der Waals surface area contributed by atoms with Gasteiger partial charge in [-0.05, 0) is 37.8 Å². The van der Waals surface area contributed by atoms with Gasteiger partial charge in [-0.15, -0.1) is 0 Å². The molecule has 26 heavy (non-hydrogen) atoms. The van der Waals surface area contributed by atoms with E-state index in [9.17, 15) is 4.79 Å². The van der Waals surface area contributed by atoms with Crippen LogP contribution in [0.25, 0.3) is 11.4 Å². The number of carbonyl (C=O) groups excluding carboxylic acids is 1. The molecule has 2 aliphatic rings. The highest BCUT2D eigenvalue weighted by atomic mass is 16.5. The molecule has 0 saturated carbocycles. The van der Waals surface area contributed by atoms with E-state index in [1.807, 2.05) is 17.0 Å². The molecular weight excluding hydrogens is 334 g/mol. The number of pyridine rings is 1. The summed E-state index contributed by atoms with van der Waals surface area (Å²) in [6.07, 6.45) is 9.83. The Labute approximate surface area is 149 Å². The highest BCUT2D eigenvalue weighted by Gasteiger charge is 2.45. The van der Waals surface area contributed by atoms with Crippen molar-refractivity contribution in [3.05, 3.63) is 48.8 Å². The molecule has 132 valence electrons. The third-order valence-corrected chi connectivity index (χ3v) is 5.34. The maximum atomic E-state index is 12.7. The summed E-state index contributed by atoms with van der Waals surface area (Å²) in [7, 11) is 0. The standard InChI is InChI=1S/C18H17N5O3/c24-18(15-9-20-10-25-15)23-13-1-2-14(23)8-12(7-13)17-21-16(22-26-17)11-3-5-19-6-4-11/h3-6,9-10,12-14H,1-2,7-8H2/t12?,13-,14+. The minimum Gasteiger partial charge on any atom is -0.438 e. The molecule has 8 nitrogen and oxygen atoms in total. The number of amides is 1. The highest BCUT2D eigenvalue weighted by molar-refractivity contribution is 5.91. The molecule has 0 spiro atoms. The van der Waals surface area contributed by atoms with Crippen LogP contribution in [0, 0.1) is 0 Å². The number of piperidine rings is 1. The maximum Gasteiger partial charge on any atom is 0.291 e. The van der Waals surface area contributed by atoms with E-state index in [-0.39, 0.29) is 23.9 Å². The molecule has 8 heteroatoms. The van der Waals surface area contributed by atoms with E-state index in [1.54, 1.807) is 12.4 Å². The smallest absolute Gasteiger partial charge is 0.291 e. The third kappa shape index (κ3) is 2.49. The molecular formula is C18H17N5O3. The molecule has 2 aliphatic heterocycles. The number of carbonyl (C=O) groups is 1. The van der Waals surface area contributed by atoms with Crippen LogP contribution in [-0.4, -0.2) is 43.0 Å². The first kappa shape index (κ1) is 15.2. The Morgan fingerprint density at radius 3 is 2.58 bits per heavy atom. The van der Waals surface area contributed by atoms with E-state index in [0.29, 0.717) is 17.5 Å². The number of hydrogen-bond donors (Lipinski definition) is 0. The number of fused-ring (bicyclic) bond motifs is 2.